The molecule has 1 aromatic heterocycles. The van der Waals surface area contributed by atoms with Gasteiger partial charge in [0.05, 0.1) is 6.61 Å². The summed E-state index contributed by atoms with van der Waals surface area (Å²) in [5.41, 5.74) is 0.876. The van der Waals surface area contributed by atoms with E-state index in [0.29, 0.717) is 6.54 Å². The third-order valence-corrected chi connectivity index (χ3v) is 7.21. The first-order valence-electron chi connectivity index (χ1n) is 9.49. The summed E-state index contributed by atoms with van der Waals surface area (Å²) in [7, 11) is 0. The molecule has 24 heavy (non-hydrogen) atoms. The van der Waals surface area contributed by atoms with Crippen LogP contribution in [0.3, 0.4) is 0 Å². The standard InChI is InChI=1S/C19H27N3O2/c23-6-5-20-18-4-1-11(8-21-18)19(24)22-9-16-12-2-3-13(17(16)10-22)15-7-14(12)15/h1,4,8,12-17,19,23-24H,2-3,5-7,9-10H2,(H,20,21). The molecule has 0 radical (unpaired) electrons. The molecule has 4 saturated carbocycles. The van der Waals surface area contributed by atoms with E-state index in [2.05, 4.69) is 15.2 Å². The predicted molar refractivity (Wildman–Crippen MR) is 91.1 cm³/mol. The molecule has 7 unspecified atom stereocenters. The molecule has 7 atom stereocenters. The van der Waals surface area contributed by atoms with Crippen LogP contribution in [-0.2, 0) is 0 Å². The maximum absolute atomic E-state index is 10.8. The van der Waals surface area contributed by atoms with Crippen molar-refractivity contribution in [3.05, 3.63) is 23.9 Å². The van der Waals surface area contributed by atoms with Crippen molar-refractivity contribution < 1.29 is 10.2 Å². The second-order valence-corrected chi connectivity index (χ2v) is 8.25. The van der Waals surface area contributed by atoms with E-state index in [4.69, 9.17) is 5.11 Å². The number of likely N-dealkylation sites (tertiary alicyclic amines) is 1. The van der Waals surface area contributed by atoms with Crippen LogP contribution in [0.25, 0.3) is 0 Å². The number of nitrogens with zero attached hydrogens (tertiary/aromatic N) is 2. The monoisotopic (exact) mass is 329 g/mol. The molecule has 130 valence electrons. The Morgan fingerprint density at radius 3 is 2.38 bits per heavy atom. The van der Waals surface area contributed by atoms with Crippen LogP contribution in [0.2, 0.25) is 0 Å². The zero-order chi connectivity index (χ0) is 16.3. The number of rotatable bonds is 5. The van der Waals surface area contributed by atoms with Gasteiger partial charge in [-0.3, -0.25) is 4.90 Å². The zero-order valence-corrected chi connectivity index (χ0v) is 14.0. The van der Waals surface area contributed by atoms with Gasteiger partial charge in [-0.05, 0) is 66.9 Å². The number of aliphatic hydroxyl groups is 2. The Labute approximate surface area is 143 Å². The molecular formula is C19H27N3O2. The molecule has 1 saturated heterocycles. The van der Waals surface area contributed by atoms with Gasteiger partial charge in [0, 0.05) is 31.4 Å². The maximum Gasteiger partial charge on any atom is 0.135 e. The summed E-state index contributed by atoms with van der Waals surface area (Å²) in [6.45, 7) is 2.70. The Balaban J connectivity index is 1.28. The summed E-state index contributed by atoms with van der Waals surface area (Å²) in [4.78, 5) is 6.63. The van der Waals surface area contributed by atoms with Crippen molar-refractivity contribution in [3.8, 4) is 0 Å². The molecule has 5 fully saturated rings. The third-order valence-electron chi connectivity index (χ3n) is 7.21. The van der Waals surface area contributed by atoms with Crippen molar-refractivity contribution in [1.82, 2.24) is 9.88 Å². The van der Waals surface area contributed by atoms with Gasteiger partial charge in [0.15, 0.2) is 0 Å². The van der Waals surface area contributed by atoms with E-state index >= 15 is 0 Å². The smallest absolute Gasteiger partial charge is 0.135 e. The first-order valence-corrected chi connectivity index (χ1v) is 9.49. The van der Waals surface area contributed by atoms with E-state index in [9.17, 15) is 5.11 Å². The highest BCUT2D eigenvalue weighted by Crippen LogP contribution is 2.67. The Morgan fingerprint density at radius 1 is 1.08 bits per heavy atom. The average Bonchev–Trinajstić information content (AvgIpc) is 3.32. The number of hydrogen-bond acceptors (Lipinski definition) is 5. The molecule has 2 bridgehead atoms. The van der Waals surface area contributed by atoms with E-state index in [1.807, 2.05) is 12.1 Å². The molecule has 5 heteroatoms. The fourth-order valence-electron chi connectivity index (χ4n) is 6.15. The van der Waals surface area contributed by atoms with Crippen LogP contribution in [0, 0.1) is 35.5 Å². The minimum atomic E-state index is -0.536. The van der Waals surface area contributed by atoms with Gasteiger partial charge in [0.2, 0.25) is 0 Å². The molecule has 0 aromatic carbocycles. The van der Waals surface area contributed by atoms with E-state index in [0.717, 1.165) is 60.0 Å². The van der Waals surface area contributed by atoms with Crippen molar-refractivity contribution in [3.63, 3.8) is 0 Å². The highest BCUT2D eigenvalue weighted by Gasteiger charge is 2.63. The summed E-state index contributed by atoms with van der Waals surface area (Å²) in [5.74, 6) is 6.31. The van der Waals surface area contributed by atoms with Crippen molar-refractivity contribution in [2.75, 3.05) is 31.6 Å². The zero-order valence-electron chi connectivity index (χ0n) is 14.0. The summed E-state index contributed by atoms with van der Waals surface area (Å²) < 4.78 is 0. The second-order valence-electron chi connectivity index (χ2n) is 8.25. The van der Waals surface area contributed by atoms with Gasteiger partial charge in [0.1, 0.15) is 12.0 Å². The lowest BCUT2D eigenvalue weighted by atomic mass is 9.60. The average molecular weight is 329 g/mol. The van der Waals surface area contributed by atoms with E-state index in [1.165, 1.54) is 19.3 Å². The summed E-state index contributed by atoms with van der Waals surface area (Å²) in [6.07, 6.45) is 5.59. The predicted octanol–water partition coefficient (Wildman–Crippen LogP) is 1.70. The highest BCUT2D eigenvalue weighted by molar-refractivity contribution is 5.35. The summed E-state index contributed by atoms with van der Waals surface area (Å²) >= 11 is 0. The number of aliphatic hydroxyl groups excluding tert-OH is 2. The van der Waals surface area contributed by atoms with Gasteiger partial charge < -0.3 is 15.5 Å². The Kier molecular flexibility index (Phi) is 3.58. The SMILES string of the molecule is OCCNc1ccc(C(O)N2CC3C4CCC(C5CC45)C3C2)cn1. The lowest BCUT2D eigenvalue weighted by Gasteiger charge is -2.44. The molecule has 3 N–H and O–H groups in total. The fourth-order valence-corrected chi connectivity index (χ4v) is 6.15. The van der Waals surface area contributed by atoms with Crippen LogP contribution in [0.4, 0.5) is 5.82 Å². The molecule has 5 aliphatic rings. The summed E-state index contributed by atoms with van der Waals surface area (Å²) in [5, 5.41) is 22.7. The van der Waals surface area contributed by atoms with Crippen LogP contribution in [-0.4, -0.2) is 46.3 Å². The maximum atomic E-state index is 10.8. The van der Waals surface area contributed by atoms with Crippen LogP contribution < -0.4 is 5.32 Å². The molecule has 1 aromatic rings. The molecule has 0 amide bonds. The Bertz CT molecular complexity index is 583. The largest absolute Gasteiger partial charge is 0.395 e. The molecule has 4 aliphatic carbocycles. The second kappa shape index (κ2) is 5.68. The molecule has 6 rings (SSSR count). The highest BCUT2D eigenvalue weighted by atomic mass is 16.3. The number of anilines is 1. The van der Waals surface area contributed by atoms with Crippen molar-refractivity contribution in [1.29, 1.82) is 0 Å². The van der Waals surface area contributed by atoms with Gasteiger partial charge in [-0.15, -0.1) is 0 Å². The van der Waals surface area contributed by atoms with E-state index in [-0.39, 0.29) is 6.61 Å². The van der Waals surface area contributed by atoms with Crippen LogP contribution in [0.5, 0.6) is 0 Å². The van der Waals surface area contributed by atoms with Gasteiger partial charge in [-0.25, -0.2) is 4.98 Å². The van der Waals surface area contributed by atoms with Gasteiger partial charge >= 0.3 is 0 Å². The minimum Gasteiger partial charge on any atom is -0.395 e. The van der Waals surface area contributed by atoms with E-state index < -0.39 is 6.23 Å². The number of hydrogen-bond donors (Lipinski definition) is 3. The fraction of sp³-hybridized carbons (Fsp3) is 0.737. The van der Waals surface area contributed by atoms with Gasteiger partial charge in [-0.1, -0.05) is 0 Å². The van der Waals surface area contributed by atoms with Crippen molar-refractivity contribution >= 4 is 5.82 Å². The van der Waals surface area contributed by atoms with Gasteiger partial charge in [-0.2, -0.15) is 0 Å². The number of nitrogens with one attached hydrogen (secondary N) is 1. The molecule has 1 aliphatic heterocycles. The van der Waals surface area contributed by atoms with Crippen LogP contribution in [0.15, 0.2) is 18.3 Å². The summed E-state index contributed by atoms with van der Waals surface area (Å²) in [6, 6.07) is 3.83. The number of pyridine rings is 1. The number of fused-ring (bicyclic) bond motifs is 1. The normalized spacial score (nSPS) is 40.9. The van der Waals surface area contributed by atoms with Crippen molar-refractivity contribution in [2.45, 2.75) is 25.5 Å². The molecule has 5 nitrogen and oxygen atoms in total. The van der Waals surface area contributed by atoms with E-state index in [1.54, 1.807) is 6.20 Å². The number of aromatic nitrogens is 1. The Hall–Kier alpha value is -1.17. The minimum absolute atomic E-state index is 0.0902. The lowest BCUT2D eigenvalue weighted by molar-refractivity contribution is 0.0133. The van der Waals surface area contributed by atoms with Crippen molar-refractivity contribution in [2.24, 2.45) is 35.5 Å². The first kappa shape index (κ1) is 15.1. The van der Waals surface area contributed by atoms with Crippen LogP contribution in [0.1, 0.15) is 31.1 Å². The molecule has 0 spiro atoms. The topological polar surface area (TPSA) is 68.6 Å². The Morgan fingerprint density at radius 2 is 1.79 bits per heavy atom. The molecule has 2 heterocycles. The quantitative estimate of drug-likeness (QED) is 0.767. The lowest BCUT2D eigenvalue weighted by Crippen LogP contribution is -2.40. The third kappa shape index (κ3) is 2.29. The molecular weight excluding hydrogens is 302 g/mol. The van der Waals surface area contributed by atoms with Gasteiger partial charge in [0.25, 0.3) is 0 Å². The van der Waals surface area contributed by atoms with Crippen LogP contribution >= 0.6 is 0 Å². The first-order chi connectivity index (χ1) is 11.8.